The van der Waals surface area contributed by atoms with Crippen LogP contribution in [0.1, 0.15) is 29.9 Å². The number of carbonyl (C=O) groups is 2. The van der Waals surface area contributed by atoms with Gasteiger partial charge >= 0.3 is 6.36 Å². The van der Waals surface area contributed by atoms with Crippen LogP contribution in [0.4, 0.5) is 13.2 Å². The first-order valence-electron chi connectivity index (χ1n) is 10.1. The molecule has 0 aliphatic carbocycles. The van der Waals surface area contributed by atoms with E-state index in [4.69, 9.17) is 4.74 Å². The molecule has 1 fully saturated rings. The van der Waals surface area contributed by atoms with Crippen molar-refractivity contribution in [3.8, 4) is 5.75 Å². The highest BCUT2D eigenvalue weighted by Gasteiger charge is 2.33. The van der Waals surface area contributed by atoms with Crippen LogP contribution in [0.25, 0.3) is 0 Å². The minimum absolute atomic E-state index is 0.0858. The van der Waals surface area contributed by atoms with Gasteiger partial charge in [-0.25, -0.2) is 0 Å². The SMILES string of the molecule is CC(C)N1C[C@H](OCc2ccc(OC(F)(F)F)cc2)CN(C(=O)c2ccccn2)CC1=O. The van der Waals surface area contributed by atoms with Crippen molar-refractivity contribution < 1.29 is 32.2 Å². The summed E-state index contributed by atoms with van der Waals surface area (Å²) in [7, 11) is 0. The molecule has 2 aromatic rings. The molecule has 0 radical (unpaired) electrons. The van der Waals surface area contributed by atoms with Gasteiger partial charge in [0.15, 0.2) is 0 Å². The molecular formula is C22H24F3N3O4. The van der Waals surface area contributed by atoms with Gasteiger partial charge in [-0.05, 0) is 43.7 Å². The third-order valence-corrected chi connectivity index (χ3v) is 4.91. The summed E-state index contributed by atoms with van der Waals surface area (Å²) in [4.78, 5) is 32.7. The fraction of sp³-hybridized carbons (Fsp3) is 0.409. The highest BCUT2D eigenvalue weighted by Crippen LogP contribution is 2.23. The normalized spacial score (nSPS) is 17.4. The standard InChI is InChI=1S/C22H24F3N3O4/c1-15(2)28-12-18(31-14-16-6-8-17(9-7-16)32-22(23,24)25)11-27(13-20(28)29)21(30)19-5-3-4-10-26-19/h3-10,15,18H,11-14H2,1-2H3/t18-/m1/s1. The summed E-state index contributed by atoms with van der Waals surface area (Å²) in [6, 6.07) is 10.2. The predicted molar refractivity (Wildman–Crippen MR) is 109 cm³/mol. The molecule has 1 atom stereocenters. The van der Waals surface area contributed by atoms with E-state index in [1.807, 2.05) is 13.8 Å². The third-order valence-electron chi connectivity index (χ3n) is 4.91. The average Bonchev–Trinajstić information content (AvgIpc) is 2.91. The summed E-state index contributed by atoms with van der Waals surface area (Å²) in [6.45, 7) is 4.24. The Morgan fingerprint density at radius 1 is 1.16 bits per heavy atom. The molecule has 1 aromatic heterocycles. The van der Waals surface area contributed by atoms with Gasteiger partial charge in [0, 0.05) is 25.3 Å². The van der Waals surface area contributed by atoms with Gasteiger partial charge in [-0.3, -0.25) is 14.6 Å². The van der Waals surface area contributed by atoms with Crippen molar-refractivity contribution >= 4 is 11.8 Å². The minimum atomic E-state index is -4.76. The van der Waals surface area contributed by atoms with Crippen LogP contribution >= 0.6 is 0 Å². The summed E-state index contributed by atoms with van der Waals surface area (Å²) in [5.74, 6) is -0.879. The molecule has 0 saturated carbocycles. The highest BCUT2D eigenvalue weighted by atomic mass is 19.4. The number of ether oxygens (including phenoxy) is 2. The first kappa shape index (κ1) is 23.5. The quantitative estimate of drug-likeness (QED) is 0.674. The van der Waals surface area contributed by atoms with E-state index in [0.717, 1.165) is 0 Å². The lowest BCUT2D eigenvalue weighted by molar-refractivity contribution is -0.274. The van der Waals surface area contributed by atoms with Gasteiger partial charge in [-0.2, -0.15) is 0 Å². The molecule has 0 spiro atoms. The van der Waals surface area contributed by atoms with Crippen LogP contribution in [0.3, 0.4) is 0 Å². The second-order valence-corrected chi connectivity index (χ2v) is 7.67. The Balaban J connectivity index is 1.70. The van der Waals surface area contributed by atoms with Crippen molar-refractivity contribution in [3.63, 3.8) is 0 Å². The molecule has 2 heterocycles. The molecule has 32 heavy (non-hydrogen) atoms. The van der Waals surface area contributed by atoms with E-state index in [1.54, 1.807) is 23.1 Å². The summed E-state index contributed by atoms with van der Waals surface area (Å²) >= 11 is 0. The molecule has 0 N–H and O–H groups in total. The van der Waals surface area contributed by atoms with Gasteiger partial charge < -0.3 is 19.3 Å². The van der Waals surface area contributed by atoms with Gasteiger partial charge in [-0.15, -0.1) is 13.2 Å². The van der Waals surface area contributed by atoms with E-state index < -0.39 is 12.5 Å². The zero-order chi connectivity index (χ0) is 23.3. The number of amides is 2. The van der Waals surface area contributed by atoms with E-state index in [9.17, 15) is 22.8 Å². The lowest BCUT2D eigenvalue weighted by Gasteiger charge is -2.27. The molecule has 0 bridgehead atoms. The molecule has 1 aromatic carbocycles. The van der Waals surface area contributed by atoms with Crippen molar-refractivity contribution in [2.45, 2.75) is 39.0 Å². The molecule has 3 rings (SSSR count). The fourth-order valence-electron chi connectivity index (χ4n) is 3.36. The highest BCUT2D eigenvalue weighted by molar-refractivity contribution is 5.95. The van der Waals surface area contributed by atoms with Crippen LogP contribution in [0.5, 0.6) is 5.75 Å². The zero-order valence-corrected chi connectivity index (χ0v) is 17.7. The number of hydrogen-bond donors (Lipinski definition) is 0. The van der Waals surface area contributed by atoms with Gasteiger partial charge in [0.2, 0.25) is 5.91 Å². The maximum atomic E-state index is 12.9. The minimum Gasteiger partial charge on any atom is -0.406 e. The van der Waals surface area contributed by atoms with Gasteiger partial charge in [0.1, 0.15) is 18.0 Å². The summed E-state index contributed by atoms with van der Waals surface area (Å²) in [6.07, 6.45) is -3.73. The van der Waals surface area contributed by atoms with E-state index in [0.29, 0.717) is 5.56 Å². The molecule has 0 unspecified atom stereocenters. The number of halogens is 3. The predicted octanol–water partition coefficient (Wildman–Crippen LogP) is 3.26. The first-order chi connectivity index (χ1) is 15.1. The largest absolute Gasteiger partial charge is 0.573 e. The van der Waals surface area contributed by atoms with Crippen LogP contribution in [-0.2, 0) is 16.1 Å². The number of pyridine rings is 1. The molecule has 172 valence electrons. The van der Waals surface area contributed by atoms with Crippen LogP contribution in [-0.4, -0.2) is 64.7 Å². The summed E-state index contributed by atoms with van der Waals surface area (Å²) in [5, 5.41) is 0. The van der Waals surface area contributed by atoms with E-state index >= 15 is 0 Å². The van der Waals surface area contributed by atoms with Crippen molar-refractivity contribution in [3.05, 3.63) is 59.9 Å². The summed E-state index contributed by atoms with van der Waals surface area (Å²) < 4.78 is 46.8. The second kappa shape index (κ2) is 9.99. The Labute approximate surface area is 183 Å². The first-order valence-corrected chi connectivity index (χ1v) is 10.1. The maximum absolute atomic E-state index is 12.9. The molecule has 1 aliphatic heterocycles. The molecule has 10 heteroatoms. The Bertz CT molecular complexity index is 920. The molecule has 1 aliphatic rings. The Morgan fingerprint density at radius 3 is 2.47 bits per heavy atom. The Kier molecular flexibility index (Phi) is 7.34. The number of nitrogens with zero attached hydrogens (tertiary/aromatic N) is 3. The van der Waals surface area contributed by atoms with Gasteiger partial charge in [-0.1, -0.05) is 18.2 Å². The smallest absolute Gasteiger partial charge is 0.406 e. The average molecular weight is 451 g/mol. The molecular weight excluding hydrogens is 427 g/mol. The monoisotopic (exact) mass is 451 g/mol. The van der Waals surface area contributed by atoms with Gasteiger partial charge in [0.05, 0.1) is 12.7 Å². The Hall–Kier alpha value is -3.14. The van der Waals surface area contributed by atoms with E-state index in [2.05, 4.69) is 9.72 Å². The molecule has 2 amide bonds. The van der Waals surface area contributed by atoms with Crippen molar-refractivity contribution in [2.75, 3.05) is 19.6 Å². The number of hydrogen-bond acceptors (Lipinski definition) is 5. The lowest BCUT2D eigenvalue weighted by atomic mass is 10.2. The van der Waals surface area contributed by atoms with Crippen LogP contribution in [0, 0.1) is 0 Å². The lowest BCUT2D eigenvalue weighted by Crippen LogP contribution is -2.42. The third kappa shape index (κ3) is 6.43. The number of aromatic nitrogens is 1. The maximum Gasteiger partial charge on any atom is 0.573 e. The fourth-order valence-corrected chi connectivity index (χ4v) is 3.36. The van der Waals surface area contributed by atoms with Crippen molar-refractivity contribution in [1.82, 2.24) is 14.8 Å². The van der Waals surface area contributed by atoms with Crippen LogP contribution in [0.15, 0.2) is 48.7 Å². The second-order valence-electron chi connectivity index (χ2n) is 7.67. The number of carbonyl (C=O) groups excluding carboxylic acids is 2. The summed E-state index contributed by atoms with van der Waals surface area (Å²) in [5.41, 5.74) is 0.867. The van der Waals surface area contributed by atoms with Crippen LogP contribution in [0.2, 0.25) is 0 Å². The zero-order valence-electron chi connectivity index (χ0n) is 17.7. The van der Waals surface area contributed by atoms with Crippen LogP contribution < -0.4 is 4.74 Å². The number of benzene rings is 1. The van der Waals surface area contributed by atoms with Gasteiger partial charge in [0.25, 0.3) is 5.91 Å². The topological polar surface area (TPSA) is 72.0 Å². The number of rotatable bonds is 6. The van der Waals surface area contributed by atoms with Crippen molar-refractivity contribution in [2.24, 2.45) is 0 Å². The Morgan fingerprint density at radius 2 is 1.88 bits per heavy atom. The number of alkyl halides is 3. The van der Waals surface area contributed by atoms with E-state index in [1.165, 1.54) is 35.4 Å². The van der Waals surface area contributed by atoms with Crippen molar-refractivity contribution in [1.29, 1.82) is 0 Å². The van der Waals surface area contributed by atoms with E-state index in [-0.39, 0.29) is 55.5 Å². The molecule has 1 saturated heterocycles. The molecule has 7 nitrogen and oxygen atoms in total.